The molecular formula is C23H21FN2O. The lowest BCUT2D eigenvalue weighted by Crippen LogP contribution is -2.30. The summed E-state index contributed by atoms with van der Waals surface area (Å²) in [6, 6.07) is 22.7. The van der Waals surface area contributed by atoms with Gasteiger partial charge in [0, 0.05) is 24.5 Å². The van der Waals surface area contributed by atoms with Crippen molar-refractivity contribution in [1.29, 1.82) is 0 Å². The minimum absolute atomic E-state index is 0.0251. The summed E-state index contributed by atoms with van der Waals surface area (Å²) in [6.45, 7) is 1.88. The summed E-state index contributed by atoms with van der Waals surface area (Å²) in [5.41, 5.74) is 5.05. The molecule has 0 radical (unpaired) electrons. The lowest BCUT2D eigenvalue weighted by molar-refractivity contribution is -0.115. The summed E-state index contributed by atoms with van der Waals surface area (Å²) < 4.78 is 13.7. The predicted octanol–water partition coefficient (Wildman–Crippen LogP) is 4.57. The van der Waals surface area contributed by atoms with Gasteiger partial charge >= 0.3 is 0 Å². The number of nitrogens with zero attached hydrogens (tertiary/aromatic N) is 1. The highest BCUT2D eigenvalue weighted by atomic mass is 19.1. The first kappa shape index (κ1) is 17.3. The van der Waals surface area contributed by atoms with Crippen molar-refractivity contribution >= 4 is 17.3 Å². The highest BCUT2D eigenvalue weighted by molar-refractivity contribution is 5.92. The van der Waals surface area contributed by atoms with E-state index in [1.165, 1.54) is 17.2 Å². The van der Waals surface area contributed by atoms with Gasteiger partial charge in [0.2, 0.25) is 5.91 Å². The zero-order valence-corrected chi connectivity index (χ0v) is 15.0. The van der Waals surface area contributed by atoms with Gasteiger partial charge in [0.1, 0.15) is 5.82 Å². The number of hydrogen-bond donors (Lipinski definition) is 1. The molecule has 1 aliphatic heterocycles. The first-order chi connectivity index (χ1) is 13.2. The van der Waals surface area contributed by atoms with E-state index in [4.69, 9.17) is 0 Å². The maximum Gasteiger partial charge on any atom is 0.228 e. The summed E-state index contributed by atoms with van der Waals surface area (Å²) in [4.78, 5) is 14.5. The van der Waals surface area contributed by atoms with Crippen molar-refractivity contribution in [3.05, 3.63) is 95.3 Å². The van der Waals surface area contributed by atoms with Crippen LogP contribution >= 0.6 is 0 Å². The topological polar surface area (TPSA) is 32.3 Å². The third kappa shape index (κ3) is 4.00. The molecule has 3 aromatic rings. The summed E-state index contributed by atoms with van der Waals surface area (Å²) >= 11 is 0. The highest BCUT2D eigenvalue weighted by Crippen LogP contribution is 2.25. The molecule has 0 aromatic heterocycles. The standard InChI is InChI=1S/C23H21FN2O/c24-22-8-4-3-6-18(22)15-23(27)25-20-9-11-21(12-10-20)26-14-13-17-5-1-2-7-19(17)16-26/h1-12H,13-16H2,(H,25,27). The van der Waals surface area contributed by atoms with Crippen molar-refractivity contribution in [1.82, 2.24) is 0 Å². The van der Waals surface area contributed by atoms with E-state index in [1.807, 2.05) is 24.3 Å². The number of nitrogens with one attached hydrogen (secondary N) is 1. The van der Waals surface area contributed by atoms with Gasteiger partial charge in [0.15, 0.2) is 0 Å². The number of benzene rings is 3. The van der Waals surface area contributed by atoms with E-state index in [0.29, 0.717) is 5.56 Å². The monoisotopic (exact) mass is 360 g/mol. The van der Waals surface area contributed by atoms with Crippen LogP contribution in [0.2, 0.25) is 0 Å². The summed E-state index contributed by atoms with van der Waals surface area (Å²) in [7, 11) is 0. The van der Waals surface area contributed by atoms with Gasteiger partial charge in [0.25, 0.3) is 0 Å². The Bertz CT molecular complexity index is 953. The molecule has 1 aliphatic rings. The fourth-order valence-corrected chi connectivity index (χ4v) is 3.49. The number of halogens is 1. The van der Waals surface area contributed by atoms with E-state index in [9.17, 15) is 9.18 Å². The number of carbonyl (C=O) groups is 1. The molecule has 0 fully saturated rings. The smallest absolute Gasteiger partial charge is 0.228 e. The molecule has 27 heavy (non-hydrogen) atoms. The molecule has 1 N–H and O–H groups in total. The van der Waals surface area contributed by atoms with Crippen LogP contribution in [0.3, 0.4) is 0 Å². The number of rotatable bonds is 4. The average molecular weight is 360 g/mol. The van der Waals surface area contributed by atoms with Crippen LogP contribution in [0.25, 0.3) is 0 Å². The first-order valence-electron chi connectivity index (χ1n) is 9.14. The van der Waals surface area contributed by atoms with Crippen molar-refractivity contribution in [2.45, 2.75) is 19.4 Å². The van der Waals surface area contributed by atoms with Crippen molar-refractivity contribution in [3.8, 4) is 0 Å². The molecule has 0 saturated heterocycles. The summed E-state index contributed by atoms with van der Waals surface area (Å²) in [5.74, 6) is -0.576. The molecule has 1 amide bonds. The molecule has 0 bridgehead atoms. The number of amides is 1. The SMILES string of the molecule is O=C(Cc1ccccc1F)Nc1ccc(N2CCc3ccccc3C2)cc1. The zero-order valence-electron chi connectivity index (χ0n) is 15.0. The number of fused-ring (bicyclic) bond motifs is 1. The van der Waals surface area contributed by atoms with Crippen molar-refractivity contribution in [2.24, 2.45) is 0 Å². The zero-order chi connectivity index (χ0) is 18.6. The Morgan fingerprint density at radius 3 is 2.41 bits per heavy atom. The molecule has 3 aromatic carbocycles. The second kappa shape index (κ2) is 7.62. The Hall–Kier alpha value is -3.14. The van der Waals surface area contributed by atoms with Crippen LogP contribution in [0, 0.1) is 5.82 Å². The second-order valence-corrected chi connectivity index (χ2v) is 6.80. The van der Waals surface area contributed by atoms with Gasteiger partial charge in [-0.05, 0) is 53.4 Å². The Labute approximate surface area is 158 Å². The molecule has 0 spiro atoms. The fourth-order valence-electron chi connectivity index (χ4n) is 3.49. The van der Waals surface area contributed by atoms with E-state index in [-0.39, 0.29) is 18.1 Å². The van der Waals surface area contributed by atoms with Crippen LogP contribution < -0.4 is 10.2 Å². The summed E-state index contributed by atoms with van der Waals surface area (Å²) in [5, 5.41) is 2.84. The van der Waals surface area contributed by atoms with Gasteiger partial charge in [-0.15, -0.1) is 0 Å². The maximum atomic E-state index is 13.7. The van der Waals surface area contributed by atoms with Crippen LogP contribution in [0.5, 0.6) is 0 Å². The number of hydrogen-bond acceptors (Lipinski definition) is 2. The van der Waals surface area contributed by atoms with Crippen molar-refractivity contribution < 1.29 is 9.18 Å². The van der Waals surface area contributed by atoms with Crippen LogP contribution in [0.4, 0.5) is 15.8 Å². The van der Waals surface area contributed by atoms with Gasteiger partial charge in [0.05, 0.1) is 6.42 Å². The Morgan fingerprint density at radius 2 is 1.63 bits per heavy atom. The van der Waals surface area contributed by atoms with E-state index in [1.54, 1.807) is 18.2 Å². The highest BCUT2D eigenvalue weighted by Gasteiger charge is 2.16. The van der Waals surface area contributed by atoms with Gasteiger partial charge in [-0.25, -0.2) is 4.39 Å². The first-order valence-corrected chi connectivity index (χ1v) is 9.14. The lowest BCUT2D eigenvalue weighted by Gasteiger charge is -2.30. The third-order valence-corrected chi connectivity index (χ3v) is 4.96. The Morgan fingerprint density at radius 1 is 0.926 bits per heavy atom. The number of anilines is 2. The van der Waals surface area contributed by atoms with Crippen molar-refractivity contribution in [3.63, 3.8) is 0 Å². The molecule has 0 unspecified atom stereocenters. The second-order valence-electron chi connectivity index (χ2n) is 6.80. The van der Waals surface area contributed by atoms with Gasteiger partial charge in [-0.3, -0.25) is 4.79 Å². The van der Waals surface area contributed by atoms with E-state index in [0.717, 1.165) is 30.9 Å². The molecule has 0 saturated carbocycles. The van der Waals surface area contributed by atoms with Crippen LogP contribution in [0.1, 0.15) is 16.7 Å². The molecule has 136 valence electrons. The average Bonchev–Trinajstić information content (AvgIpc) is 2.70. The van der Waals surface area contributed by atoms with Crippen LogP contribution in [0.15, 0.2) is 72.8 Å². The van der Waals surface area contributed by atoms with Crippen molar-refractivity contribution in [2.75, 3.05) is 16.8 Å². The van der Waals surface area contributed by atoms with Gasteiger partial charge in [-0.1, -0.05) is 42.5 Å². The largest absolute Gasteiger partial charge is 0.367 e. The third-order valence-electron chi connectivity index (χ3n) is 4.96. The quantitative estimate of drug-likeness (QED) is 0.739. The minimum Gasteiger partial charge on any atom is -0.367 e. The van der Waals surface area contributed by atoms with E-state index in [2.05, 4.69) is 34.5 Å². The number of carbonyl (C=O) groups excluding carboxylic acids is 1. The Balaban J connectivity index is 1.39. The molecule has 0 atom stereocenters. The molecular weight excluding hydrogens is 339 g/mol. The molecule has 4 rings (SSSR count). The molecule has 1 heterocycles. The minimum atomic E-state index is -0.353. The molecule has 3 nitrogen and oxygen atoms in total. The molecule has 0 aliphatic carbocycles. The molecule has 4 heteroatoms. The van der Waals surface area contributed by atoms with Gasteiger partial charge < -0.3 is 10.2 Å². The Kier molecular flexibility index (Phi) is 4.88. The van der Waals surface area contributed by atoms with Gasteiger partial charge in [-0.2, -0.15) is 0 Å². The van der Waals surface area contributed by atoms with E-state index < -0.39 is 0 Å². The van der Waals surface area contributed by atoms with Crippen LogP contribution in [-0.4, -0.2) is 12.5 Å². The van der Waals surface area contributed by atoms with Crippen LogP contribution in [-0.2, 0) is 24.2 Å². The summed E-state index contributed by atoms with van der Waals surface area (Å²) in [6.07, 6.45) is 1.06. The maximum absolute atomic E-state index is 13.7. The van der Waals surface area contributed by atoms with E-state index >= 15 is 0 Å². The fraction of sp³-hybridized carbons (Fsp3) is 0.174. The predicted molar refractivity (Wildman–Crippen MR) is 106 cm³/mol. The normalized spacial score (nSPS) is 13.1. The lowest BCUT2D eigenvalue weighted by atomic mass is 9.99.